The van der Waals surface area contributed by atoms with Crippen LogP contribution in [0.4, 0.5) is 23.3 Å². The largest absolute Gasteiger partial charge is 1.00 e. The molecule has 17 rings (SSSR count). The van der Waals surface area contributed by atoms with Gasteiger partial charge in [-0.25, -0.2) is 28.5 Å². The molecule has 0 radical (unpaired) electrons. The van der Waals surface area contributed by atoms with Gasteiger partial charge in [-0.05, 0) is 82.2 Å². The van der Waals surface area contributed by atoms with Crippen LogP contribution in [0.1, 0.15) is 62.8 Å². The van der Waals surface area contributed by atoms with E-state index in [9.17, 15) is 68.1 Å². The average Bonchev–Trinajstić information content (AvgIpc) is 1.60. The normalized spacial score (nSPS) is 17.2. The van der Waals surface area contributed by atoms with Crippen molar-refractivity contribution in [2.24, 2.45) is 11.8 Å². The van der Waals surface area contributed by atoms with Crippen LogP contribution in [0, 0.1) is 32.1 Å². The number of aliphatic hydroxyl groups excluding tert-OH is 3. The molecule has 39 nitrogen and oxygen atoms in total. The number of aliphatic hydroxyl groups is 3. The molecular weight excluding hydrogens is 1890 g/mol. The minimum absolute atomic E-state index is 0. The first kappa shape index (κ1) is 103. The highest BCUT2D eigenvalue weighted by atomic mass is 35.7. The number of nitrogens with two attached hydrogens (primary N) is 2. The number of aromatic amines is 2. The molecule has 2 aliphatic rings. The number of benzene rings is 11. The summed E-state index contributed by atoms with van der Waals surface area (Å²) in [5, 5.41) is 56.1. The highest BCUT2D eigenvalue weighted by Crippen LogP contribution is 2.56. The van der Waals surface area contributed by atoms with Crippen molar-refractivity contribution in [1.82, 2.24) is 39.0 Å². The van der Waals surface area contributed by atoms with Crippen LogP contribution in [-0.4, -0.2) is 138 Å². The number of anilines is 2. The number of quaternary nitrogens is 1. The molecule has 2 aliphatic heterocycles. The fraction of sp³-hybridized carbons (Fsp3) is 0.223. The Morgan fingerprint density at radius 2 is 0.841 bits per heavy atom. The summed E-state index contributed by atoms with van der Waals surface area (Å²) in [4.78, 5) is 102. The molecule has 11 aromatic carbocycles. The quantitative estimate of drug-likeness (QED) is 0.00657. The lowest BCUT2D eigenvalue weighted by atomic mass is 10.1. The fourth-order valence-electron chi connectivity index (χ4n) is 14.0. The second kappa shape index (κ2) is 47.5. The summed E-state index contributed by atoms with van der Waals surface area (Å²) >= 11 is 5.89. The Morgan fingerprint density at radius 3 is 1.23 bits per heavy atom. The number of nitrogens with one attached hydrogen (secondary N) is 2. The topological polar surface area (TPSA) is 558 Å². The van der Waals surface area contributed by atoms with E-state index >= 15 is 0 Å². The van der Waals surface area contributed by atoms with E-state index in [4.69, 9.17) is 78.6 Å². The number of carbonyl (C=O) groups excluding carboxylic acids is 3. The van der Waals surface area contributed by atoms with E-state index in [1.807, 2.05) is 182 Å². The third-order valence-electron chi connectivity index (χ3n) is 20.9. The molecule has 15 aromatic rings. The summed E-state index contributed by atoms with van der Waals surface area (Å²) in [5.74, 6) is -1.91. The lowest BCUT2D eigenvalue weighted by molar-refractivity contribution is -0.403. The maximum absolute atomic E-state index is 14.4. The molecule has 44 heteroatoms. The standard InChI is InChI=1S/C31H32N5O8P.C27H24NO7P.C16H11ClNO5P.C10H13N5O4.C10H13NO2.ClH/c1-19(30(39)41-15-20-8-3-2-4-9-20)17-45(40,44-24-13-7-11-21-10-5-6-12-22(21)24)42-16-25-23(37)14-26(43-25)36-18-33-27-28(36)34-31(32)35-29(27)38;1-20(27(29)33-18-21-8-3-2-4-9-21)19-36(32,34-24-16-14-23(15-17-24)28(30)31)35-26-13-7-11-22-10-5-6-12-25(22)26;17-24(21,22-14-10-8-13(9-11-14)18(19)20)23-16-7-3-5-12-4-1-2-6-15(12)16;11-10-13-8-7(9(18)14-10)12-3-15(8)6-1-4(17)5(2-16)19-6;1-8(11)10(12)13-7-9-5-3-2-4-6-9;/h2-13,18-19,23,25-26,37H,14-17H2,1H3,(H3,32,34,35,38);2-17,20H,18-19H2,1H3;1-11H;3-6,16-17H,1-2H2,(H3,11,13,14,18);2-6,8H,7,11H2,1H3;1H/t19-,23?,25-,26-,45?;20-,36?;;4?,5-,6-;8-;/m11.10./s1. The number of non-ortho nitro benzene ring substituents is 2. The average molecular weight is 1990 g/mol. The number of hydrogen-bond donors (Lipinski definition) is 8. The van der Waals surface area contributed by atoms with Gasteiger partial charge in [-0.2, -0.15) is 9.97 Å². The highest BCUT2D eigenvalue weighted by Gasteiger charge is 2.42. The van der Waals surface area contributed by atoms with Crippen molar-refractivity contribution in [3.8, 4) is 28.7 Å². The Hall–Kier alpha value is -14.3. The zero-order valence-electron chi connectivity index (χ0n) is 73.9. The summed E-state index contributed by atoms with van der Waals surface area (Å²) in [5.41, 5.74) is 17.0. The van der Waals surface area contributed by atoms with Crippen LogP contribution in [0.2, 0.25) is 0 Å². The molecule has 0 bridgehead atoms. The third-order valence-corrected chi connectivity index (χ3v) is 26.1. The van der Waals surface area contributed by atoms with Crippen molar-refractivity contribution < 1.29 is 122 Å². The van der Waals surface area contributed by atoms with Crippen LogP contribution >= 0.6 is 33.4 Å². The van der Waals surface area contributed by atoms with Crippen molar-refractivity contribution in [3.63, 3.8) is 0 Å². The van der Waals surface area contributed by atoms with Gasteiger partial charge in [0.1, 0.15) is 73.2 Å². The number of hydrogen-bond acceptors (Lipinski definition) is 32. The number of nitro groups is 2. The molecule has 138 heavy (non-hydrogen) atoms. The summed E-state index contributed by atoms with van der Waals surface area (Å²) in [6.07, 6.45) is -2.02. The maximum atomic E-state index is 14.4. The number of H-pyrrole nitrogens is 2. The van der Waals surface area contributed by atoms with Gasteiger partial charge in [-0.1, -0.05) is 214 Å². The maximum Gasteiger partial charge on any atom is 0.530 e. The van der Waals surface area contributed by atoms with E-state index in [1.54, 1.807) is 57.2 Å². The molecule has 0 spiro atoms. The minimum Gasteiger partial charge on any atom is -1.00 e. The van der Waals surface area contributed by atoms with Gasteiger partial charge in [0.25, 0.3) is 22.5 Å². The molecular formula is C94H94Cl2N13O26P3. The summed E-state index contributed by atoms with van der Waals surface area (Å²) in [7, 11) is -8.03. The van der Waals surface area contributed by atoms with E-state index in [2.05, 4.69) is 35.6 Å². The van der Waals surface area contributed by atoms with Crippen LogP contribution in [0.3, 0.4) is 0 Å². The Bertz CT molecular complexity index is 7010. The molecule has 4 aromatic heterocycles. The van der Waals surface area contributed by atoms with Crippen molar-refractivity contribution in [3.05, 3.63) is 337 Å². The predicted molar refractivity (Wildman–Crippen MR) is 506 cm³/mol. The summed E-state index contributed by atoms with van der Waals surface area (Å²) in [6, 6.07) is 76.2. The number of nitrogen functional groups attached to an aromatic ring is 2. The second-order valence-electron chi connectivity index (χ2n) is 31.3. The van der Waals surface area contributed by atoms with Gasteiger partial charge < -0.3 is 91.2 Å². The Kier molecular flexibility index (Phi) is 35.3. The number of rotatable bonds is 31. The van der Waals surface area contributed by atoms with Crippen molar-refractivity contribution in [1.29, 1.82) is 0 Å². The number of esters is 3. The SMILES string of the molecule is C[C@H](CP(=O)(OC[C@H]1O[C@@H](n2cnc3c(=O)[nH]c(N)nc32)CC1O)Oc1cccc2ccccc12)C(=O)OCc1ccccc1.C[C@H](CP(=O)(Oc1ccc([N+](=O)[O-])cc1)Oc1cccc2ccccc12)C(=O)OCc1ccccc1.C[C@H]([NH3+])C(=O)OCc1ccccc1.Nc1nc2c(ncn2[C@H]2CC(O)[C@@H](CO)O2)c(=O)[nH]1.O=[N+]([O-])c1ccc(OP(=O)(Cl)Oc2cccc3ccccc23)cc1.[Cl-]. The van der Waals surface area contributed by atoms with E-state index in [1.165, 1.54) is 70.3 Å². The highest BCUT2D eigenvalue weighted by molar-refractivity contribution is 7.82. The first-order valence-corrected chi connectivity index (χ1v) is 48.4. The molecule has 12 atom stereocenters. The van der Waals surface area contributed by atoms with E-state index in [-0.39, 0.29) is 133 Å². The third kappa shape index (κ3) is 27.8. The second-order valence-corrected chi connectivity index (χ2v) is 37.7. The molecule has 5 unspecified atom stereocenters. The molecule has 0 saturated carbocycles. The van der Waals surface area contributed by atoms with Gasteiger partial charge >= 0.3 is 40.0 Å². The van der Waals surface area contributed by atoms with E-state index in [0.717, 1.165) is 43.6 Å². The van der Waals surface area contributed by atoms with Gasteiger partial charge in [0.2, 0.25) is 11.9 Å². The lowest BCUT2D eigenvalue weighted by Crippen LogP contribution is -3.00. The van der Waals surface area contributed by atoms with Gasteiger partial charge in [-0.3, -0.25) is 63.0 Å². The number of imidazole rings is 2. The number of nitro benzene ring substituents is 2. The van der Waals surface area contributed by atoms with Crippen molar-refractivity contribution in [2.45, 2.75) is 96.3 Å². The lowest BCUT2D eigenvalue weighted by Gasteiger charge is -2.24. The Labute approximate surface area is 797 Å². The van der Waals surface area contributed by atoms with E-state index < -0.39 is 104 Å². The van der Waals surface area contributed by atoms with Gasteiger partial charge in [-0.15, -0.1) is 0 Å². The smallest absolute Gasteiger partial charge is 0.530 e. The number of aromatic nitrogens is 8. The van der Waals surface area contributed by atoms with Gasteiger partial charge in [0.05, 0.1) is 72.1 Å². The summed E-state index contributed by atoms with van der Waals surface area (Å²) < 4.78 is 106. The molecule has 2 fully saturated rings. The van der Waals surface area contributed by atoms with Crippen LogP contribution in [-0.2, 0) is 76.1 Å². The van der Waals surface area contributed by atoms with Crippen molar-refractivity contribution >= 4 is 129 Å². The summed E-state index contributed by atoms with van der Waals surface area (Å²) in [6.45, 7) is 0.819. The molecule has 6 heterocycles. The molecule has 0 amide bonds. The monoisotopic (exact) mass is 1980 g/mol. The van der Waals surface area contributed by atoms with E-state index in [0.29, 0.717) is 29.2 Å². The van der Waals surface area contributed by atoms with Crippen LogP contribution in [0.5, 0.6) is 28.7 Å². The van der Waals surface area contributed by atoms with Crippen LogP contribution in [0.15, 0.2) is 289 Å². The Morgan fingerprint density at radius 1 is 0.493 bits per heavy atom. The minimum atomic E-state index is -4.05. The molecule has 0 aliphatic carbocycles. The Balaban J connectivity index is 0.000000164. The van der Waals surface area contributed by atoms with Crippen molar-refractivity contribution in [2.75, 3.05) is 37.0 Å². The number of carbonyl (C=O) groups is 3. The van der Waals surface area contributed by atoms with Crippen LogP contribution in [0.25, 0.3) is 54.6 Å². The number of ether oxygens (including phenoxy) is 5. The number of nitrogens with zero attached hydrogens (tertiary/aromatic N) is 8. The zero-order chi connectivity index (χ0) is 97.5. The number of halogens is 2. The van der Waals surface area contributed by atoms with Gasteiger partial charge in [0, 0.05) is 64.5 Å². The molecule has 2 saturated heterocycles. The predicted octanol–water partition coefficient (Wildman–Crippen LogP) is 12.2. The number of fused-ring (bicyclic) bond motifs is 5. The van der Waals surface area contributed by atoms with Crippen LogP contribution < -0.4 is 63.3 Å². The first-order valence-electron chi connectivity index (χ1n) is 42.5. The molecule has 12 N–H and O–H groups in total. The fourth-order valence-corrected chi connectivity index (χ4v) is 19.1. The molecule has 720 valence electrons. The van der Waals surface area contributed by atoms with Gasteiger partial charge in [0.15, 0.2) is 28.4 Å². The zero-order valence-corrected chi connectivity index (χ0v) is 78.1. The first-order chi connectivity index (χ1) is 65.8.